The molecule has 1 saturated carbocycles. The molecule has 2 aromatic rings. The van der Waals surface area contributed by atoms with E-state index in [-0.39, 0.29) is 18.6 Å². The second-order valence-corrected chi connectivity index (χ2v) is 7.33. The monoisotopic (exact) mass is 365 g/mol. The number of amides is 1. The molecule has 1 fully saturated rings. The molecule has 0 aromatic heterocycles. The molecule has 1 amide bonds. The fraction of sp³-hybridized carbons (Fsp3) is 0.391. The first-order chi connectivity index (χ1) is 13.1. The summed E-state index contributed by atoms with van der Waals surface area (Å²) in [5.74, 6) is -0.194. The van der Waals surface area contributed by atoms with Crippen LogP contribution in [0.3, 0.4) is 0 Å². The summed E-state index contributed by atoms with van der Waals surface area (Å²) < 4.78 is 5.29. The summed E-state index contributed by atoms with van der Waals surface area (Å²) in [4.78, 5) is 24.7. The van der Waals surface area contributed by atoms with Gasteiger partial charge in [0.2, 0.25) is 0 Å². The van der Waals surface area contributed by atoms with Crippen LogP contribution in [0.1, 0.15) is 54.1 Å². The number of esters is 1. The molecule has 4 nitrogen and oxygen atoms in total. The molecule has 27 heavy (non-hydrogen) atoms. The van der Waals surface area contributed by atoms with Crippen LogP contribution in [0.5, 0.6) is 0 Å². The molecule has 0 saturated heterocycles. The number of benzene rings is 2. The average molecular weight is 365 g/mol. The molecule has 0 radical (unpaired) electrons. The fourth-order valence-corrected chi connectivity index (χ4v) is 3.68. The molecule has 0 heterocycles. The highest BCUT2D eigenvalue weighted by atomic mass is 16.5. The van der Waals surface area contributed by atoms with Crippen LogP contribution in [-0.2, 0) is 16.0 Å². The van der Waals surface area contributed by atoms with Gasteiger partial charge >= 0.3 is 5.97 Å². The van der Waals surface area contributed by atoms with Crippen molar-refractivity contribution in [2.75, 3.05) is 6.61 Å². The fourth-order valence-electron chi connectivity index (χ4n) is 3.68. The summed E-state index contributed by atoms with van der Waals surface area (Å²) in [6.45, 7) is 1.93. The predicted molar refractivity (Wildman–Crippen MR) is 106 cm³/mol. The van der Waals surface area contributed by atoms with E-state index in [1.165, 1.54) is 6.42 Å². The molecule has 4 heteroatoms. The first-order valence-electron chi connectivity index (χ1n) is 9.72. The van der Waals surface area contributed by atoms with E-state index in [1.54, 1.807) is 6.07 Å². The molecule has 142 valence electrons. The maximum atomic E-state index is 12.5. The Kier molecular flexibility index (Phi) is 6.64. The predicted octanol–water partition coefficient (Wildman–Crippen LogP) is 4.13. The van der Waals surface area contributed by atoms with Gasteiger partial charge < -0.3 is 10.1 Å². The highest BCUT2D eigenvalue weighted by molar-refractivity contribution is 5.92. The Morgan fingerprint density at radius 1 is 1.00 bits per heavy atom. The summed E-state index contributed by atoms with van der Waals surface area (Å²) in [6, 6.07) is 17.6. The Labute approximate surface area is 160 Å². The average Bonchev–Trinajstić information content (AvgIpc) is 2.69. The molecule has 0 aliphatic heterocycles. The SMILES string of the molecule is CC1CCCCC1NC(=O)COC(=O)c1ccccc1Cc1ccccc1. The molecule has 3 rings (SSSR count). The van der Waals surface area contributed by atoms with Crippen molar-refractivity contribution in [2.45, 2.75) is 45.1 Å². The van der Waals surface area contributed by atoms with Gasteiger partial charge in [-0.2, -0.15) is 0 Å². The van der Waals surface area contributed by atoms with Crippen LogP contribution in [0.25, 0.3) is 0 Å². The van der Waals surface area contributed by atoms with Crippen molar-refractivity contribution in [3.05, 3.63) is 71.3 Å². The molecule has 1 aliphatic rings. The first kappa shape index (κ1) is 19.2. The van der Waals surface area contributed by atoms with Crippen LogP contribution in [0, 0.1) is 5.92 Å². The summed E-state index contributed by atoms with van der Waals surface area (Å²) in [5, 5.41) is 3.01. The van der Waals surface area contributed by atoms with Crippen molar-refractivity contribution < 1.29 is 14.3 Å². The standard InChI is InChI=1S/C23H27NO3/c1-17-9-5-8-14-21(17)24-22(25)16-27-23(26)20-13-7-6-12-19(20)15-18-10-3-2-4-11-18/h2-4,6-7,10-13,17,21H,5,8-9,14-16H2,1H3,(H,24,25). The number of ether oxygens (including phenoxy) is 1. The molecule has 2 atom stereocenters. The maximum Gasteiger partial charge on any atom is 0.338 e. The molecule has 2 unspecified atom stereocenters. The molecule has 1 aliphatic carbocycles. The van der Waals surface area contributed by atoms with E-state index < -0.39 is 5.97 Å². The zero-order valence-electron chi connectivity index (χ0n) is 15.8. The third kappa shape index (κ3) is 5.43. The van der Waals surface area contributed by atoms with Gasteiger partial charge in [-0.15, -0.1) is 0 Å². The topological polar surface area (TPSA) is 55.4 Å². The molecule has 0 spiro atoms. The van der Waals surface area contributed by atoms with Gasteiger partial charge in [0.15, 0.2) is 6.61 Å². The van der Waals surface area contributed by atoms with Crippen LogP contribution < -0.4 is 5.32 Å². The zero-order valence-corrected chi connectivity index (χ0v) is 15.8. The first-order valence-corrected chi connectivity index (χ1v) is 9.72. The van der Waals surface area contributed by atoms with Crippen molar-refractivity contribution in [2.24, 2.45) is 5.92 Å². The van der Waals surface area contributed by atoms with Crippen LogP contribution in [0.2, 0.25) is 0 Å². The highest BCUT2D eigenvalue weighted by Crippen LogP contribution is 2.23. The Morgan fingerprint density at radius 2 is 1.70 bits per heavy atom. The number of hydrogen-bond acceptors (Lipinski definition) is 3. The molecular weight excluding hydrogens is 338 g/mol. The van der Waals surface area contributed by atoms with E-state index in [0.717, 1.165) is 30.4 Å². The lowest BCUT2D eigenvalue weighted by atomic mass is 9.86. The second kappa shape index (κ2) is 9.36. The Balaban J connectivity index is 1.57. The minimum Gasteiger partial charge on any atom is -0.452 e. The summed E-state index contributed by atoms with van der Waals surface area (Å²) in [6.07, 6.45) is 5.15. The summed E-state index contributed by atoms with van der Waals surface area (Å²) in [7, 11) is 0. The van der Waals surface area contributed by atoms with Crippen molar-refractivity contribution in [1.82, 2.24) is 5.32 Å². The number of carbonyl (C=O) groups is 2. The van der Waals surface area contributed by atoms with E-state index in [9.17, 15) is 9.59 Å². The number of hydrogen-bond donors (Lipinski definition) is 1. The van der Waals surface area contributed by atoms with Gasteiger partial charge in [0.1, 0.15) is 0 Å². The van der Waals surface area contributed by atoms with Crippen molar-refractivity contribution >= 4 is 11.9 Å². The normalized spacial score (nSPS) is 19.3. The van der Waals surface area contributed by atoms with E-state index in [4.69, 9.17) is 4.74 Å². The van der Waals surface area contributed by atoms with Crippen LogP contribution in [0.4, 0.5) is 0 Å². The van der Waals surface area contributed by atoms with Gasteiger partial charge in [-0.1, -0.05) is 68.3 Å². The Morgan fingerprint density at radius 3 is 2.48 bits per heavy atom. The zero-order chi connectivity index (χ0) is 19.1. The van der Waals surface area contributed by atoms with Gasteiger partial charge in [-0.05, 0) is 42.4 Å². The Hall–Kier alpha value is -2.62. The lowest BCUT2D eigenvalue weighted by Gasteiger charge is -2.29. The van der Waals surface area contributed by atoms with Crippen molar-refractivity contribution in [3.63, 3.8) is 0 Å². The van der Waals surface area contributed by atoms with E-state index in [1.807, 2.05) is 48.5 Å². The molecule has 0 bridgehead atoms. The van der Waals surface area contributed by atoms with Crippen LogP contribution >= 0.6 is 0 Å². The molecule has 1 N–H and O–H groups in total. The lowest BCUT2D eigenvalue weighted by Crippen LogP contribution is -2.42. The van der Waals surface area contributed by atoms with Gasteiger partial charge in [0.05, 0.1) is 5.56 Å². The van der Waals surface area contributed by atoms with Crippen molar-refractivity contribution in [3.8, 4) is 0 Å². The quantitative estimate of drug-likeness (QED) is 0.783. The van der Waals surface area contributed by atoms with Crippen LogP contribution in [0.15, 0.2) is 54.6 Å². The van der Waals surface area contributed by atoms with E-state index in [2.05, 4.69) is 12.2 Å². The van der Waals surface area contributed by atoms with Crippen LogP contribution in [-0.4, -0.2) is 24.5 Å². The number of carbonyl (C=O) groups excluding carboxylic acids is 2. The minimum atomic E-state index is -0.451. The summed E-state index contributed by atoms with van der Waals surface area (Å²) >= 11 is 0. The highest BCUT2D eigenvalue weighted by Gasteiger charge is 2.23. The largest absolute Gasteiger partial charge is 0.452 e. The molecule has 2 aromatic carbocycles. The second-order valence-electron chi connectivity index (χ2n) is 7.33. The third-order valence-electron chi connectivity index (χ3n) is 5.27. The van der Waals surface area contributed by atoms with Gasteiger partial charge in [-0.3, -0.25) is 4.79 Å². The number of rotatable bonds is 6. The smallest absolute Gasteiger partial charge is 0.338 e. The Bertz CT molecular complexity index is 772. The van der Waals surface area contributed by atoms with E-state index in [0.29, 0.717) is 17.9 Å². The van der Waals surface area contributed by atoms with Gasteiger partial charge in [0, 0.05) is 6.04 Å². The molecular formula is C23H27NO3. The van der Waals surface area contributed by atoms with Crippen molar-refractivity contribution in [1.29, 1.82) is 0 Å². The van der Waals surface area contributed by atoms with E-state index >= 15 is 0 Å². The maximum absolute atomic E-state index is 12.5. The summed E-state index contributed by atoms with van der Waals surface area (Å²) in [5.41, 5.74) is 2.54. The van der Waals surface area contributed by atoms with Gasteiger partial charge in [0.25, 0.3) is 5.91 Å². The minimum absolute atomic E-state index is 0.190. The van der Waals surface area contributed by atoms with Gasteiger partial charge in [-0.25, -0.2) is 4.79 Å². The number of nitrogens with one attached hydrogen (secondary N) is 1. The third-order valence-corrected chi connectivity index (χ3v) is 5.27. The lowest BCUT2D eigenvalue weighted by molar-refractivity contribution is -0.125.